The normalized spacial score (nSPS) is 13.5. The zero-order valence-corrected chi connectivity index (χ0v) is 14.7. The van der Waals surface area contributed by atoms with E-state index in [2.05, 4.69) is 23.5 Å². The summed E-state index contributed by atoms with van der Waals surface area (Å²) in [5.41, 5.74) is 1.73. The molecular formula is C21H21ClFNO. The van der Waals surface area contributed by atoms with Gasteiger partial charge < -0.3 is 10.1 Å². The summed E-state index contributed by atoms with van der Waals surface area (Å²) in [7, 11) is 0. The molecule has 0 bridgehead atoms. The quantitative estimate of drug-likeness (QED) is 0.652. The summed E-state index contributed by atoms with van der Waals surface area (Å²) in [6.45, 7) is 1.01. The van der Waals surface area contributed by atoms with Gasteiger partial charge in [-0.05, 0) is 35.7 Å². The molecule has 0 saturated heterocycles. The molecule has 1 saturated carbocycles. The van der Waals surface area contributed by atoms with Crippen molar-refractivity contribution in [1.82, 2.24) is 5.32 Å². The maximum absolute atomic E-state index is 13.8. The molecule has 25 heavy (non-hydrogen) atoms. The topological polar surface area (TPSA) is 21.3 Å². The van der Waals surface area contributed by atoms with Crippen LogP contribution in [-0.2, 0) is 13.2 Å². The Morgan fingerprint density at radius 3 is 2.52 bits per heavy atom. The summed E-state index contributed by atoms with van der Waals surface area (Å²) >= 11 is 0. The third kappa shape index (κ3) is 4.12. The maximum Gasteiger partial charge on any atom is 0.129 e. The molecule has 4 heteroatoms. The van der Waals surface area contributed by atoms with Crippen LogP contribution < -0.4 is 10.1 Å². The van der Waals surface area contributed by atoms with E-state index in [4.69, 9.17) is 4.74 Å². The lowest BCUT2D eigenvalue weighted by Crippen LogP contribution is -2.16. The van der Waals surface area contributed by atoms with Crippen LogP contribution in [0.25, 0.3) is 10.8 Å². The van der Waals surface area contributed by atoms with Gasteiger partial charge in [-0.25, -0.2) is 4.39 Å². The second kappa shape index (κ2) is 7.85. The summed E-state index contributed by atoms with van der Waals surface area (Å²) in [5.74, 6) is 0.598. The van der Waals surface area contributed by atoms with Gasteiger partial charge in [0.05, 0.1) is 0 Å². The number of ether oxygens (including phenoxy) is 1. The first-order chi connectivity index (χ1) is 11.8. The van der Waals surface area contributed by atoms with Crippen LogP contribution in [0.1, 0.15) is 24.0 Å². The van der Waals surface area contributed by atoms with Gasteiger partial charge in [-0.15, -0.1) is 12.4 Å². The van der Waals surface area contributed by atoms with E-state index in [1.165, 1.54) is 29.7 Å². The fourth-order valence-electron chi connectivity index (χ4n) is 2.94. The van der Waals surface area contributed by atoms with Gasteiger partial charge in [-0.2, -0.15) is 0 Å². The van der Waals surface area contributed by atoms with Crippen LogP contribution in [0, 0.1) is 5.82 Å². The fourth-order valence-corrected chi connectivity index (χ4v) is 2.94. The first kappa shape index (κ1) is 17.7. The molecule has 3 aromatic rings. The van der Waals surface area contributed by atoms with Crippen LogP contribution in [0.4, 0.5) is 4.39 Å². The van der Waals surface area contributed by atoms with E-state index in [1.807, 2.05) is 24.3 Å². The largest absolute Gasteiger partial charge is 0.488 e. The average Bonchev–Trinajstić information content (AvgIpc) is 3.44. The highest BCUT2D eigenvalue weighted by Gasteiger charge is 2.21. The molecule has 0 amide bonds. The van der Waals surface area contributed by atoms with E-state index in [0.29, 0.717) is 11.6 Å². The Bertz CT molecular complexity index is 863. The van der Waals surface area contributed by atoms with Crippen LogP contribution in [0.3, 0.4) is 0 Å². The third-order valence-electron chi connectivity index (χ3n) is 4.48. The molecule has 1 aliphatic rings. The highest BCUT2D eigenvalue weighted by Crippen LogP contribution is 2.30. The average molecular weight is 358 g/mol. The Hall–Kier alpha value is -2.10. The fraction of sp³-hybridized carbons (Fsp3) is 0.238. The number of benzene rings is 3. The zero-order valence-electron chi connectivity index (χ0n) is 13.9. The summed E-state index contributed by atoms with van der Waals surface area (Å²) in [4.78, 5) is 0. The Labute approximate surface area is 153 Å². The van der Waals surface area contributed by atoms with Gasteiger partial charge >= 0.3 is 0 Å². The molecule has 4 rings (SSSR count). The lowest BCUT2D eigenvalue weighted by molar-refractivity contribution is 0.296. The molecular weight excluding hydrogens is 337 g/mol. The molecule has 3 aromatic carbocycles. The Kier molecular flexibility index (Phi) is 5.57. The third-order valence-corrected chi connectivity index (χ3v) is 4.48. The highest BCUT2D eigenvalue weighted by molar-refractivity contribution is 5.87. The van der Waals surface area contributed by atoms with Crippen molar-refractivity contribution in [2.45, 2.75) is 32.0 Å². The maximum atomic E-state index is 13.8. The van der Waals surface area contributed by atoms with Crippen molar-refractivity contribution < 1.29 is 9.13 Å². The van der Waals surface area contributed by atoms with Crippen molar-refractivity contribution >= 4 is 23.2 Å². The molecule has 2 nitrogen and oxygen atoms in total. The first-order valence-electron chi connectivity index (χ1n) is 8.41. The second-order valence-electron chi connectivity index (χ2n) is 6.30. The molecule has 130 valence electrons. The van der Waals surface area contributed by atoms with Crippen LogP contribution in [-0.4, -0.2) is 6.04 Å². The molecule has 1 N–H and O–H groups in total. The van der Waals surface area contributed by atoms with Gasteiger partial charge in [0.1, 0.15) is 18.2 Å². The van der Waals surface area contributed by atoms with E-state index < -0.39 is 0 Å². The minimum atomic E-state index is -0.226. The molecule has 0 aliphatic heterocycles. The van der Waals surface area contributed by atoms with Crippen molar-refractivity contribution in [2.24, 2.45) is 0 Å². The SMILES string of the molecule is Cl.Fc1ccccc1COc1ccc2ccccc2c1CNC1CC1. The van der Waals surface area contributed by atoms with E-state index in [1.54, 1.807) is 12.1 Å². The predicted octanol–water partition coefficient (Wildman–Crippen LogP) is 5.23. The smallest absolute Gasteiger partial charge is 0.129 e. The summed E-state index contributed by atoms with van der Waals surface area (Å²) in [5, 5.41) is 5.95. The van der Waals surface area contributed by atoms with E-state index in [-0.39, 0.29) is 24.8 Å². The van der Waals surface area contributed by atoms with Gasteiger partial charge in [-0.1, -0.05) is 48.5 Å². The van der Waals surface area contributed by atoms with Crippen LogP contribution >= 0.6 is 12.4 Å². The standard InChI is InChI=1S/C21H20FNO.ClH/c22-20-8-4-2-6-16(20)14-24-21-12-9-15-5-1-3-7-18(15)19(21)13-23-17-10-11-17;/h1-9,12,17,23H,10-11,13-14H2;1H. The lowest BCUT2D eigenvalue weighted by Gasteiger charge is -2.15. The number of rotatable bonds is 6. The minimum Gasteiger partial charge on any atom is -0.488 e. The van der Waals surface area contributed by atoms with Gasteiger partial charge in [0.15, 0.2) is 0 Å². The van der Waals surface area contributed by atoms with Gasteiger partial charge in [0.2, 0.25) is 0 Å². The van der Waals surface area contributed by atoms with Crippen LogP contribution in [0.5, 0.6) is 5.75 Å². The van der Waals surface area contributed by atoms with Crippen LogP contribution in [0.15, 0.2) is 60.7 Å². The second-order valence-corrected chi connectivity index (χ2v) is 6.30. The van der Waals surface area contributed by atoms with Crippen molar-refractivity contribution in [3.05, 3.63) is 77.6 Å². The number of halogens is 2. The van der Waals surface area contributed by atoms with E-state index >= 15 is 0 Å². The number of hydrogen-bond acceptors (Lipinski definition) is 2. The Morgan fingerprint density at radius 2 is 1.72 bits per heavy atom. The number of nitrogens with one attached hydrogen (secondary N) is 1. The molecule has 1 aliphatic carbocycles. The molecule has 0 unspecified atom stereocenters. The molecule has 0 heterocycles. The van der Waals surface area contributed by atoms with Crippen LogP contribution in [0.2, 0.25) is 0 Å². The molecule has 0 atom stereocenters. The monoisotopic (exact) mass is 357 g/mol. The number of hydrogen-bond donors (Lipinski definition) is 1. The van der Waals surface area contributed by atoms with Crippen molar-refractivity contribution in [3.63, 3.8) is 0 Å². The Balaban J connectivity index is 0.00000182. The Morgan fingerprint density at radius 1 is 0.960 bits per heavy atom. The minimum absolute atomic E-state index is 0. The number of fused-ring (bicyclic) bond motifs is 1. The molecule has 0 aromatic heterocycles. The summed E-state index contributed by atoms with van der Waals surface area (Å²) in [6, 6.07) is 19.8. The molecule has 0 radical (unpaired) electrons. The molecule has 1 fully saturated rings. The zero-order chi connectivity index (χ0) is 16.4. The summed E-state index contributed by atoms with van der Waals surface area (Å²) in [6.07, 6.45) is 2.49. The molecule has 0 spiro atoms. The summed E-state index contributed by atoms with van der Waals surface area (Å²) < 4.78 is 19.8. The van der Waals surface area contributed by atoms with E-state index in [9.17, 15) is 4.39 Å². The van der Waals surface area contributed by atoms with Crippen molar-refractivity contribution in [2.75, 3.05) is 0 Å². The van der Waals surface area contributed by atoms with Gasteiger partial charge in [-0.3, -0.25) is 0 Å². The first-order valence-corrected chi connectivity index (χ1v) is 8.41. The van der Waals surface area contributed by atoms with Gasteiger partial charge in [0, 0.05) is 23.7 Å². The lowest BCUT2D eigenvalue weighted by atomic mass is 10.0. The van der Waals surface area contributed by atoms with E-state index in [0.717, 1.165) is 17.9 Å². The van der Waals surface area contributed by atoms with Gasteiger partial charge in [0.25, 0.3) is 0 Å². The highest BCUT2D eigenvalue weighted by atomic mass is 35.5. The predicted molar refractivity (Wildman–Crippen MR) is 102 cm³/mol. The van der Waals surface area contributed by atoms with Crippen molar-refractivity contribution in [1.29, 1.82) is 0 Å². The van der Waals surface area contributed by atoms with Crippen molar-refractivity contribution in [3.8, 4) is 5.75 Å².